The molecule has 1 fully saturated rings. The molecule has 1 aromatic heterocycles. The average molecular weight is 373 g/mol. The summed E-state index contributed by atoms with van der Waals surface area (Å²) in [5.41, 5.74) is 1.37. The molecule has 1 N–H and O–H groups in total. The van der Waals surface area contributed by atoms with Crippen LogP contribution in [0.2, 0.25) is 0 Å². The highest BCUT2D eigenvalue weighted by Crippen LogP contribution is 2.19. The SMILES string of the molecule is O=C(c1cccnc1)N1CCC(CNS(=O)(=O)Cc2ccccc2)CC1. The molecule has 1 saturated heterocycles. The number of hydrogen-bond donors (Lipinski definition) is 1. The van der Waals surface area contributed by atoms with E-state index < -0.39 is 10.0 Å². The number of nitrogens with one attached hydrogen (secondary N) is 1. The fraction of sp³-hybridized carbons (Fsp3) is 0.368. The van der Waals surface area contributed by atoms with Gasteiger partial charge in [-0.05, 0) is 36.5 Å². The van der Waals surface area contributed by atoms with Crippen molar-refractivity contribution in [3.05, 3.63) is 66.0 Å². The fourth-order valence-electron chi connectivity index (χ4n) is 3.10. The number of pyridine rings is 1. The van der Waals surface area contributed by atoms with Crippen molar-refractivity contribution in [1.29, 1.82) is 0 Å². The predicted molar refractivity (Wildman–Crippen MR) is 99.9 cm³/mol. The second-order valence-electron chi connectivity index (χ2n) is 6.57. The third kappa shape index (κ3) is 5.12. The highest BCUT2D eigenvalue weighted by atomic mass is 32.2. The van der Waals surface area contributed by atoms with Gasteiger partial charge in [-0.3, -0.25) is 9.78 Å². The van der Waals surface area contributed by atoms with Crippen molar-refractivity contribution in [2.75, 3.05) is 19.6 Å². The van der Waals surface area contributed by atoms with Crippen LogP contribution in [0.1, 0.15) is 28.8 Å². The van der Waals surface area contributed by atoms with Crippen LogP contribution in [0, 0.1) is 5.92 Å². The first-order chi connectivity index (χ1) is 12.5. The van der Waals surface area contributed by atoms with Crippen molar-refractivity contribution in [3.8, 4) is 0 Å². The molecule has 1 aliphatic heterocycles. The van der Waals surface area contributed by atoms with Gasteiger partial charge in [-0.1, -0.05) is 30.3 Å². The Bertz CT molecular complexity index is 818. The van der Waals surface area contributed by atoms with E-state index >= 15 is 0 Å². The molecule has 1 amide bonds. The topological polar surface area (TPSA) is 79.4 Å². The van der Waals surface area contributed by atoms with Crippen LogP contribution in [0.5, 0.6) is 0 Å². The van der Waals surface area contributed by atoms with E-state index in [1.54, 1.807) is 24.5 Å². The molecule has 0 radical (unpaired) electrons. The van der Waals surface area contributed by atoms with Crippen LogP contribution in [0.4, 0.5) is 0 Å². The molecule has 7 heteroatoms. The Labute approximate surface area is 154 Å². The van der Waals surface area contributed by atoms with Crippen LogP contribution in [-0.4, -0.2) is 43.8 Å². The van der Waals surface area contributed by atoms with Gasteiger partial charge in [0.25, 0.3) is 5.91 Å². The molecular formula is C19H23N3O3S. The molecule has 0 saturated carbocycles. The molecular weight excluding hydrogens is 350 g/mol. The lowest BCUT2D eigenvalue weighted by Gasteiger charge is -2.32. The summed E-state index contributed by atoms with van der Waals surface area (Å²) < 4.78 is 27.1. The third-order valence-electron chi connectivity index (χ3n) is 4.60. The Morgan fingerprint density at radius 1 is 1.12 bits per heavy atom. The highest BCUT2D eigenvalue weighted by molar-refractivity contribution is 7.88. The highest BCUT2D eigenvalue weighted by Gasteiger charge is 2.24. The Kier molecular flexibility index (Phi) is 6.00. The molecule has 2 aromatic rings. The zero-order valence-corrected chi connectivity index (χ0v) is 15.4. The van der Waals surface area contributed by atoms with Crippen molar-refractivity contribution >= 4 is 15.9 Å². The van der Waals surface area contributed by atoms with Crippen LogP contribution in [0.15, 0.2) is 54.9 Å². The molecule has 0 aliphatic carbocycles. The number of benzene rings is 1. The minimum Gasteiger partial charge on any atom is -0.339 e. The van der Waals surface area contributed by atoms with Gasteiger partial charge in [0.15, 0.2) is 0 Å². The molecule has 26 heavy (non-hydrogen) atoms. The van der Waals surface area contributed by atoms with Crippen LogP contribution in [0.25, 0.3) is 0 Å². The van der Waals surface area contributed by atoms with E-state index in [2.05, 4.69) is 9.71 Å². The number of amides is 1. The van der Waals surface area contributed by atoms with Crippen LogP contribution in [0.3, 0.4) is 0 Å². The normalized spacial score (nSPS) is 15.8. The predicted octanol–water partition coefficient (Wildman–Crippen LogP) is 2.05. The number of carbonyl (C=O) groups is 1. The van der Waals surface area contributed by atoms with E-state index in [0.29, 0.717) is 25.2 Å². The first kappa shape index (κ1) is 18.5. The maximum absolute atomic E-state index is 12.4. The lowest BCUT2D eigenvalue weighted by atomic mass is 9.97. The molecule has 0 bridgehead atoms. The van der Waals surface area contributed by atoms with Crippen molar-refractivity contribution < 1.29 is 13.2 Å². The van der Waals surface area contributed by atoms with Crippen molar-refractivity contribution in [1.82, 2.24) is 14.6 Å². The van der Waals surface area contributed by atoms with E-state index in [1.165, 1.54) is 0 Å². The number of likely N-dealkylation sites (tertiary alicyclic amines) is 1. The fourth-order valence-corrected chi connectivity index (χ4v) is 4.32. The first-order valence-electron chi connectivity index (χ1n) is 8.74. The summed E-state index contributed by atoms with van der Waals surface area (Å²) in [6.07, 6.45) is 4.80. The number of carbonyl (C=O) groups excluding carboxylic acids is 1. The largest absolute Gasteiger partial charge is 0.339 e. The molecule has 138 valence electrons. The molecule has 0 spiro atoms. The zero-order valence-electron chi connectivity index (χ0n) is 14.5. The van der Waals surface area contributed by atoms with Gasteiger partial charge in [0.2, 0.25) is 10.0 Å². The molecule has 0 unspecified atom stereocenters. The first-order valence-corrected chi connectivity index (χ1v) is 10.4. The van der Waals surface area contributed by atoms with E-state index in [0.717, 1.165) is 18.4 Å². The number of piperidine rings is 1. The van der Waals surface area contributed by atoms with Gasteiger partial charge in [-0.2, -0.15) is 0 Å². The lowest BCUT2D eigenvalue weighted by molar-refractivity contribution is 0.0691. The second kappa shape index (κ2) is 8.42. The summed E-state index contributed by atoms with van der Waals surface area (Å²) in [5, 5.41) is 0. The minimum absolute atomic E-state index is 0.00776. The summed E-state index contributed by atoms with van der Waals surface area (Å²) >= 11 is 0. The molecule has 3 rings (SSSR count). The number of nitrogens with zero attached hydrogens (tertiary/aromatic N) is 2. The van der Waals surface area contributed by atoms with Crippen molar-refractivity contribution in [2.24, 2.45) is 5.92 Å². The Morgan fingerprint density at radius 3 is 2.50 bits per heavy atom. The van der Waals surface area contributed by atoms with Gasteiger partial charge in [0.05, 0.1) is 11.3 Å². The van der Waals surface area contributed by atoms with Gasteiger partial charge in [0, 0.05) is 32.0 Å². The summed E-state index contributed by atoms with van der Waals surface area (Å²) in [4.78, 5) is 18.2. The smallest absolute Gasteiger partial charge is 0.255 e. The van der Waals surface area contributed by atoms with Gasteiger partial charge in [0.1, 0.15) is 0 Å². The van der Waals surface area contributed by atoms with Gasteiger partial charge < -0.3 is 4.90 Å². The Hall–Kier alpha value is -2.25. The van der Waals surface area contributed by atoms with Crippen molar-refractivity contribution in [2.45, 2.75) is 18.6 Å². The van der Waals surface area contributed by atoms with Crippen LogP contribution >= 0.6 is 0 Å². The quantitative estimate of drug-likeness (QED) is 0.840. The van der Waals surface area contributed by atoms with Crippen molar-refractivity contribution in [3.63, 3.8) is 0 Å². The number of sulfonamides is 1. The lowest BCUT2D eigenvalue weighted by Crippen LogP contribution is -2.41. The summed E-state index contributed by atoms with van der Waals surface area (Å²) in [6, 6.07) is 12.7. The van der Waals surface area contributed by atoms with E-state index in [-0.39, 0.29) is 17.6 Å². The maximum atomic E-state index is 12.4. The molecule has 1 aromatic carbocycles. The number of aromatic nitrogens is 1. The Balaban J connectivity index is 1.46. The summed E-state index contributed by atoms with van der Waals surface area (Å²) in [6.45, 7) is 1.70. The summed E-state index contributed by atoms with van der Waals surface area (Å²) in [7, 11) is -3.35. The zero-order chi connectivity index (χ0) is 18.4. The third-order valence-corrected chi connectivity index (χ3v) is 5.92. The molecule has 2 heterocycles. The van der Waals surface area contributed by atoms with Gasteiger partial charge in [-0.15, -0.1) is 0 Å². The van der Waals surface area contributed by atoms with Crippen LogP contribution in [-0.2, 0) is 15.8 Å². The van der Waals surface area contributed by atoms with Gasteiger partial charge in [-0.25, -0.2) is 13.1 Å². The van der Waals surface area contributed by atoms with E-state index in [4.69, 9.17) is 0 Å². The molecule has 1 aliphatic rings. The Morgan fingerprint density at radius 2 is 1.85 bits per heavy atom. The number of rotatable bonds is 6. The molecule has 6 nitrogen and oxygen atoms in total. The van der Waals surface area contributed by atoms with Crippen LogP contribution < -0.4 is 4.72 Å². The average Bonchev–Trinajstić information content (AvgIpc) is 2.67. The monoisotopic (exact) mass is 373 g/mol. The van der Waals surface area contributed by atoms with Gasteiger partial charge >= 0.3 is 0 Å². The minimum atomic E-state index is -3.35. The van der Waals surface area contributed by atoms with E-state index in [9.17, 15) is 13.2 Å². The standard InChI is InChI=1S/C19H23N3O3S/c23-19(18-7-4-10-20-14-18)22-11-8-16(9-12-22)13-21-26(24,25)15-17-5-2-1-3-6-17/h1-7,10,14,16,21H,8-9,11-13,15H2. The molecule has 0 atom stereocenters. The summed E-state index contributed by atoms with van der Waals surface area (Å²) in [5.74, 6) is 0.228. The second-order valence-corrected chi connectivity index (χ2v) is 8.38. The van der Waals surface area contributed by atoms with E-state index in [1.807, 2.05) is 35.2 Å². The number of hydrogen-bond acceptors (Lipinski definition) is 4. The maximum Gasteiger partial charge on any atom is 0.255 e.